The number of allylic oxidation sites excluding steroid dienone is 1. The smallest absolute Gasteiger partial charge is 0.328 e. The van der Waals surface area contributed by atoms with Gasteiger partial charge < -0.3 is 5.11 Å². The molecule has 0 fully saturated rings. The largest absolute Gasteiger partial charge is 0.478 e. The predicted molar refractivity (Wildman–Crippen MR) is 64.7 cm³/mol. The molecule has 4 heteroatoms. The zero-order valence-corrected chi connectivity index (χ0v) is 10.5. The van der Waals surface area contributed by atoms with Crippen molar-refractivity contribution < 1.29 is 14.7 Å². The second-order valence-electron chi connectivity index (χ2n) is 3.45. The van der Waals surface area contributed by atoms with Crippen LogP contribution in [0.25, 0.3) is 0 Å². The number of hydrogen-bond acceptors (Lipinski definition) is 2. The van der Waals surface area contributed by atoms with Crippen LogP contribution in [0.3, 0.4) is 0 Å². The Bertz CT molecular complexity index is 475. The fourth-order valence-corrected chi connectivity index (χ4v) is 1.74. The van der Waals surface area contributed by atoms with E-state index in [4.69, 9.17) is 5.11 Å². The molecule has 0 amide bonds. The van der Waals surface area contributed by atoms with Gasteiger partial charge in [0.2, 0.25) is 0 Å². The van der Waals surface area contributed by atoms with Gasteiger partial charge in [-0.05, 0) is 43.2 Å². The van der Waals surface area contributed by atoms with E-state index in [0.29, 0.717) is 5.56 Å². The number of halogens is 1. The predicted octanol–water partition coefficient (Wildman–Crippen LogP) is 2.89. The lowest BCUT2D eigenvalue weighted by molar-refractivity contribution is -0.131. The number of carbonyl (C=O) groups excluding carboxylic acids is 1. The average Bonchev–Trinajstić information content (AvgIpc) is 2.20. The summed E-state index contributed by atoms with van der Waals surface area (Å²) in [4.78, 5) is 22.0. The summed E-state index contributed by atoms with van der Waals surface area (Å²) in [7, 11) is 0. The number of ketones is 1. The summed E-state index contributed by atoms with van der Waals surface area (Å²) in [6.07, 6.45) is 1.91. The first-order valence-electron chi connectivity index (χ1n) is 4.64. The minimum atomic E-state index is -1.13. The minimum Gasteiger partial charge on any atom is -0.478 e. The van der Waals surface area contributed by atoms with Crippen molar-refractivity contribution in [1.29, 1.82) is 0 Å². The van der Waals surface area contributed by atoms with Gasteiger partial charge in [0.25, 0.3) is 0 Å². The van der Waals surface area contributed by atoms with Crippen molar-refractivity contribution in [2.75, 3.05) is 0 Å². The van der Waals surface area contributed by atoms with Crippen molar-refractivity contribution in [1.82, 2.24) is 0 Å². The molecule has 1 aromatic rings. The highest BCUT2D eigenvalue weighted by molar-refractivity contribution is 9.10. The second-order valence-corrected chi connectivity index (χ2v) is 4.31. The molecule has 0 aliphatic heterocycles. The van der Waals surface area contributed by atoms with Gasteiger partial charge in [-0.1, -0.05) is 15.9 Å². The monoisotopic (exact) mass is 282 g/mol. The van der Waals surface area contributed by atoms with E-state index in [1.165, 1.54) is 0 Å². The Labute approximate surface area is 102 Å². The Morgan fingerprint density at radius 3 is 2.38 bits per heavy atom. The fraction of sp³-hybridized carbons (Fsp3) is 0.167. The lowest BCUT2D eigenvalue weighted by Gasteiger charge is -2.05. The molecule has 0 saturated carbocycles. The number of carboxylic acid groups (broad SMARTS) is 1. The molecule has 1 rings (SSSR count). The van der Waals surface area contributed by atoms with Crippen LogP contribution in [-0.4, -0.2) is 16.9 Å². The normalized spacial score (nSPS) is 10.7. The highest BCUT2D eigenvalue weighted by Gasteiger charge is 2.08. The number of hydrogen-bond donors (Lipinski definition) is 1. The molecule has 0 aromatic heterocycles. The lowest BCUT2D eigenvalue weighted by Crippen LogP contribution is -2.00. The molecule has 0 aliphatic rings. The van der Waals surface area contributed by atoms with E-state index in [1.54, 1.807) is 6.07 Å². The van der Waals surface area contributed by atoms with Gasteiger partial charge in [-0.15, -0.1) is 0 Å². The Morgan fingerprint density at radius 2 is 1.81 bits per heavy atom. The summed E-state index contributed by atoms with van der Waals surface area (Å²) in [6, 6.07) is 3.59. The zero-order chi connectivity index (χ0) is 12.3. The van der Waals surface area contributed by atoms with Crippen LogP contribution in [0.15, 0.2) is 28.8 Å². The molecule has 0 saturated heterocycles. The summed E-state index contributed by atoms with van der Waals surface area (Å²) in [5.74, 6) is -1.42. The van der Waals surface area contributed by atoms with Crippen molar-refractivity contribution in [3.05, 3.63) is 45.4 Å². The molecular formula is C12H11BrO3. The van der Waals surface area contributed by atoms with Crippen molar-refractivity contribution in [2.24, 2.45) is 0 Å². The molecule has 1 aromatic carbocycles. The van der Waals surface area contributed by atoms with Crippen LogP contribution in [-0.2, 0) is 4.79 Å². The standard InChI is InChI=1S/C12H11BrO3/c1-7-6-10(13)8(2)5-9(7)11(14)3-4-12(15)16/h3-6H,1-2H3,(H,15,16)/b4-3+. The van der Waals surface area contributed by atoms with Gasteiger partial charge in [0.1, 0.15) is 0 Å². The van der Waals surface area contributed by atoms with Crippen LogP contribution in [0.5, 0.6) is 0 Å². The molecule has 0 heterocycles. The number of carboxylic acids is 1. The molecule has 84 valence electrons. The fourth-order valence-electron chi connectivity index (χ4n) is 1.28. The van der Waals surface area contributed by atoms with Crippen LogP contribution < -0.4 is 0 Å². The maximum Gasteiger partial charge on any atom is 0.328 e. The molecule has 0 atom stereocenters. The van der Waals surface area contributed by atoms with Crippen LogP contribution in [0.4, 0.5) is 0 Å². The van der Waals surface area contributed by atoms with Crippen molar-refractivity contribution >= 4 is 27.7 Å². The second kappa shape index (κ2) is 5.07. The van der Waals surface area contributed by atoms with Crippen molar-refractivity contribution in [2.45, 2.75) is 13.8 Å². The van der Waals surface area contributed by atoms with Crippen LogP contribution in [0.2, 0.25) is 0 Å². The first-order valence-corrected chi connectivity index (χ1v) is 5.43. The Kier molecular flexibility index (Phi) is 4.01. The number of benzene rings is 1. The number of aryl methyl sites for hydroxylation is 2. The molecule has 0 aliphatic carbocycles. The number of carbonyl (C=O) groups is 2. The van der Waals surface area contributed by atoms with E-state index >= 15 is 0 Å². The van der Waals surface area contributed by atoms with E-state index in [0.717, 1.165) is 27.8 Å². The zero-order valence-electron chi connectivity index (χ0n) is 8.95. The third-order valence-corrected chi connectivity index (χ3v) is 3.00. The highest BCUT2D eigenvalue weighted by Crippen LogP contribution is 2.21. The summed E-state index contributed by atoms with van der Waals surface area (Å²) >= 11 is 3.37. The lowest BCUT2D eigenvalue weighted by atomic mass is 10.0. The van der Waals surface area contributed by atoms with Crippen LogP contribution >= 0.6 is 15.9 Å². The molecular weight excluding hydrogens is 272 g/mol. The van der Waals surface area contributed by atoms with Gasteiger partial charge in [-0.2, -0.15) is 0 Å². The third-order valence-electron chi connectivity index (χ3n) is 2.15. The molecule has 3 nitrogen and oxygen atoms in total. The summed E-state index contributed by atoms with van der Waals surface area (Å²) in [5, 5.41) is 8.43. The molecule has 0 unspecified atom stereocenters. The van der Waals surface area contributed by atoms with Gasteiger partial charge in [-0.3, -0.25) is 4.79 Å². The quantitative estimate of drug-likeness (QED) is 0.685. The molecule has 0 bridgehead atoms. The van der Waals surface area contributed by atoms with Crippen LogP contribution in [0, 0.1) is 13.8 Å². The van der Waals surface area contributed by atoms with E-state index in [9.17, 15) is 9.59 Å². The Hall–Kier alpha value is -1.42. The molecule has 0 radical (unpaired) electrons. The average molecular weight is 283 g/mol. The first-order chi connectivity index (χ1) is 7.41. The molecule has 16 heavy (non-hydrogen) atoms. The number of rotatable bonds is 3. The van der Waals surface area contributed by atoms with E-state index in [-0.39, 0.29) is 5.78 Å². The van der Waals surface area contributed by atoms with Gasteiger partial charge in [0, 0.05) is 16.1 Å². The van der Waals surface area contributed by atoms with E-state index in [1.807, 2.05) is 19.9 Å². The molecule has 1 N–H and O–H groups in total. The third kappa shape index (κ3) is 3.03. The van der Waals surface area contributed by atoms with Crippen molar-refractivity contribution in [3.63, 3.8) is 0 Å². The topological polar surface area (TPSA) is 54.4 Å². The highest BCUT2D eigenvalue weighted by atomic mass is 79.9. The first kappa shape index (κ1) is 12.6. The molecule has 0 spiro atoms. The van der Waals surface area contributed by atoms with Gasteiger partial charge in [0.15, 0.2) is 5.78 Å². The van der Waals surface area contributed by atoms with Gasteiger partial charge in [-0.25, -0.2) is 4.79 Å². The maximum absolute atomic E-state index is 11.7. The maximum atomic E-state index is 11.7. The van der Waals surface area contributed by atoms with Gasteiger partial charge >= 0.3 is 5.97 Å². The van der Waals surface area contributed by atoms with Crippen molar-refractivity contribution in [3.8, 4) is 0 Å². The van der Waals surface area contributed by atoms with E-state index < -0.39 is 5.97 Å². The van der Waals surface area contributed by atoms with Crippen LogP contribution in [0.1, 0.15) is 21.5 Å². The van der Waals surface area contributed by atoms with E-state index in [2.05, 4.69) is 15.9 Å². The Morgan fingerprint density at radius 1 is 1.19 bits per heavy atom. The Balaban J connectivity index is 3.09. The summed E-state index contributed by atoms with van der Waals surface area (Å²) < 4.78 is 0.934. The summed E-state index contributed by atoms with van der Waals surface area (Å²) in [5.41, 5.74) is 2.29. The number of aliphatic carboxylic acids is 1. The summed E-state index contributed by atoms with van der Waals surface area (Å²) in [6.45, 7) is 3.69. The SMILES string of the molecule is Cc1cc(C(=O)/C=C/C(=O)O)c(C)cc1Br. The minimum absolute atomic E-state index is 0.296. The van der Waals surface area contributed by atoms with Gasteiger partial charge in [0.05, 0.1) is 0 Å².